The smallest absolute Gasteiger partial charge is 0.269 e. The zero-order chi connectivity index (χ0) is 7.65. The van der Waals surface area contributed by atoms with Crippen molar-refractivity contribution in [3.8, 4) is 0 Å². The fourth-order valence-corrected chi connectivity index (χ4v) is 0.129. The van der Waals surface area contributed by atoms with E-state index in [1.807, 2.05) is 0 Å². The first-order valence-electron chi connectivity index (χ1n) is 2.11. The highest BCUT2D eigenvalue weighted by molar-refractivity contribution is 5.71. The Labute approximate surface area is 53.4 Å². The maximum absolute atomic E-state index is 11.2. The van der Waals surface area contributed by atoms with Crippen molar-refractivity contribution in [2.24, 2.45) is 5.92 Å². The first-order valence-corrected chi connectivity index (χ1v) is 2.11. The molecule has 0 aliphatic heterocycles. The van der Waals surface area contributed by atoms with Gasteiger partial charge in [-0.3, -0.25) is 9.50 Å². The van der Waals surface area contributed by atoms with Crippen molar-refractivity contribution in [2.75, 3.05) is 0 Å². The second kappa shape index (κ2) is 3.48. The molecule has 6 heteroatoms. The predicted octanol–water partition coefficient (Wildman–Crippen LogP) is 1.83. The van der Waals surface area contributed by atoms with Crippen LogP contribution in [0.1, 0.15) is 6.92 Å². The Balaban J connectivity index is 0. The maximum Gasteiger partial charge on any atom is 0.401 e. The molecular formula is C4H5F5O. The van der Waals surface area contributed by atoms with E-state index in [0.29, 0.717) is 6.92 Å². The Morgan fingerprint density at radius 2 is 1.70 bits per heavy atom. The lowest BCUT2D eigenvalue weighted by atomic mass is 10.2. The van der Waals surface area contributed by atoms with Gasteiger partial charge in [-0.25, -0.2) is 0 Å². The molecule has 0 radical (unpaired) electrons. The summed E-state index contributed by atoms with van der Waals surface area (Å²) in [7, 11) is 0. The third-order valence-corrected chi connectivity index (χ3v) is 0.831. The lowest BCUT2D eigenvalue weighted by molar-refractivity contribution is -0.184. The van der Waals surface area contributed by atoms with Gasteiger partial charge in [-0.1, -0.05) is 0 Å². The van der Waals surface area contributed by atoms with Crippen molar-refractivity contribution >= 4 is 6.04 Å². The fourth-order valence-electron chi connectivity index (χ4n) is 0.129. The van der Waals surface area contributed by atoms with Crippen LogP contribution in [0.2, 0.25) is 0 Å². The topological polar surface area (TPSA) is 17.1 Å². The molecule has 0 saturated carbocycles. The molecule has 0 N–H and O–H groups in total. The monoisotopic (exact) mass is 164 g/mol. The van der Waals surface area contributed by atoms with E-state index in [0.717, 1.165) is 0 Å². The van der Waals surface area contributed by atoms with Crippen molar-refractivity contribution < 1.29 is 27.1 Å². The lowest BCUT2D eigenvalue weighted by Gasteiger charge is -2.08. The predicted molar refractivity (Wildman–Crippen MR) is 23.8 cm³/mol. The highest BCUT2D eigenvalue weighted by atomic mass is 19.4. The molecule has 0 aliphatic carbocycles. The summed E-state index contributed by atoms with van der Waals surface area (Å²) in [6.45, 7) is 0.475. The van der Waals surface area contributed by atoms with Crippen molar-refractivity contribution in [1.82, 2.24) is 0 Å². The SMILES string of the molecule is CC(C(=O)F)C(F)(F)F.F. The molecule has 0 aromatic carbocycles. The maximum atomic E-state index is 11.2. The molecule has 0 aromatic heterocycles. The molecule has 0 bridgehead atoms. The molecule has 0 rings (SSSR count). The summed E-state index contributed by atoms with van der Waals surface area (Å²) >= 11 is 0. The van der Waals surface area contributed by atoms with Gasteiger partial charge in [0, 0.05) is 0 Å². The number of halogens is 5. The van der Waals surface area contributed by atoms with E-state index in [9.17, 15) is 22.4 Å². The summed E-state index contributed by atoms with van der Waals surface area (Å²) in [5.74, 6) is -2.49. The average molecular weight is 164 g/mol. The Bertz CT molecular complexity index is 117. The molecule has 0 aliphatic rings. The van der Waals surface area contributed by atoms with Crippen LogP contribution in [0.5, 0.6) is 0 Å². The average Bonchev–Trinajstić information content (AvgIpc) is 1.62. The Morgan fingerprint density at radius 3 is 1.70 bits per heavy atom. The van der Waals surface area contributed by atoms with Gasteiger partial charge in [-0.05, 0) is 6.92 Å². The Kier molecular flexibility index (Phi) is 4.19. The first-order chi connectivity index (χ1) is 3.85. The number of alkyl halides is 3. The Morgan fingerprint density at radius 1 is 1.40 bits per heavy atom. The van der Waals surface area contributed by atoms with E-state index in [1.165, 1.54) is 0 Å². The third-order valence-electron chi connectivity index (χ3n) is 0.831. The van der Waals surface area contributed by atoms with E-state index in [2.05, 4.69) is 0 Å². The van der Waals surface area contributed by atoms with Gasteiger partial charge in [0.15, 0.2) is 0 Å². The molecule has 0 heterocycles. The molecule has 1 nitrogen and oxygen atoms in total. The highest BCUT2D eigenvalue weighted by Crippen LogP contribution is 2.26. The second-order valence-corrected chi connectivity index (χ2v) is 1.57. The molecule has 62 valence electrons. The second-order valence-electron chi connectivity index (χ2n) is 1.57. The molecule has 0 amide bonds. The molecule has 0 saturated heterocycles. The van der Waals surface area contributed by atoms with Crippen LogP contribution in [-0.4, -0.2) is 12.2 Å². The van der Waals surface area contributed by atoms with Crippen LogP contribution in [0.3, 0.4) is 0 Å². The van der Waals surface area contributed by atoms with Gasteiger partial charge < -0.3 is 0 Å². The summed E-state index contributed by atoms with van der Waals surface area (Å²) in [6.07, 6.45) is -4.74. The summed E-state index contributed by atoms with van der Waals surface area (Å²) in [4.78, 5) is 9.40. The lowest BCUT2D eigenvalue weighted by Crippen LogP contribution is -2.25. The van der Waals surface area contributed by atoms with Crippen LogP contribution in [-0.2, 0) is 4.79 Å². The number of carbonyl (C=O) groups is 1. The van der Waals surface area contributed by atoms with Gasteiger partial charge in [-0.15, -0.1) is 0 Å². The van der Waals surface area contributed by atoms with Gasteiger partial charge in [0.25, 0.3) is 0 Å². The van der Waals surface area contributed by atoms with Crippen LogP contribution >= 0.6 is 0 Å². The van der Waals surface area contributed by atoms with Gasteiger partial charge in [0.05, 0.1) is 0 Å². The van der Waals surface area contributed by atoms with E-state index in [-0.39, 0.29) is 4.70 Å². The van der Waals surface area contributed by atoms with Crippen LogP contribution in [0.15, 0.2) is 0 Å². The van der Waals surface area contributed by atoms with Crippen LogP contribution in [0.4, 0.5) is 22.3 Å². The van der Waals surface area contributed by atoms with E-state index in [4.69, 9.17) is 0 Å². The van der Waals surface area contributed by atoms with Crippen molar-refractivity contribution in [3.05, 3.63) is 0 Å². The fraction of sp³-hybridized carbons (Fsp3) is 0.750. The molecule has 0 fully saturated rings. The van der Waals surface area contributed by atoms with Crippen molar-refractivity contribution in [2.45, 2.75) is 13.1 Å². The molecule has 1 unspecified atom stereocenters. The largest absolute Gasteiger partial charge is 0.401 e. The zero-order valence-corrected chi connectivity index (χ0v) is 4.91. The van der Waals surface area contributed by atoms with Crippen molar-refractivity contribution in [1.29, 1.82) is 0 Å². The first kappa shape index (κ1) is 12.0. The Hall–Kier alpha value is -0.680. The van der Waals surface area contributed by atoms with Crippen LogP contribution in [0, 0.1) is 5.92 Å². The summed E-state index contributed by atoms with van der Waals surface area (Å²) in [5.41, 5.74) is 0. The summed E-state index contributed by atoms with van der Waals surface area (Å²) < 4.78 is 44.9. The molecule has 0 spiro atoms. The molecule has 1 atom stereocenters. The standard InChI is InChI=1S/C4H4F4O.FH/c1-2(3(5)9)4(6,7)8;/h2H,1H3;1H. The summed E-state index contributed by atoms with van der Waals surface area (Å²) in [6, 6.07) is -2.34. The van der Waals surface area contributed by atoms with E-state index in [1.54, 1.807) is 0 Å². The normalized spacial score (nSPS) is 13.7. The number of rotatable bonds is 1. The van der Waals surface area contributed by atoms with Crippen LogP contribution < -0.4 is 0 Å². The van der Waals surface area contributed by atoms with Gasteiger partial charge in [0.2, 0.25) is 0 Å². The van der Waals surface area contributed by atoms with Crippen LogP contribution in [0.25, 0.3) is 0 Å². The minimum Gasteiger partial charge on any atom is -0.269 e. The van der Waals surface area contributed by atoms with E-state index >= 15 is 0 Å². The quantitative estimate of drug-likeness (QED) is 0.426. The van der Waals surface area contributed by atoms with Gasteiger partial charge in [-0.2, -0.15) is 17.6 Å². The van der Waals surface area contributed by atoms with Crippen molar-refractivity contribution in [3.63, 3.8) is 0 Å². The molecule has 10 heavy (non-hydrogen) atoms. The molecule has 0 aromatic rings. The van der Waals surface area contributed by atoms with Gasteiger partial charge >= 0.3 is 12.2 Å². The van der Waals surface area contributed by atoms with E-state index < -0.39 is 18.1 Å². The highest BCUT2D eigenvalue weighted by Gasteiger charge is 2.41. The minimum atomic E-state index is -4.74. The summed E-state index contributed by atoms with van der Waals surface area (Å²) in [5, 5.41) is 0. The number of hydrogen-bond donors (Lipinski definition) is 0. The zero-order valence-electron chi connectivity index (χ0n) is 4.91. The van der Waals surface area contributed by atoms with Gasteiger partial charge in [0.1, 0.15) is 5.92 Å². The minimum absolute atomic E-state index is 0. The molecular weight excluding hydrogens is 159 g/mol. The number of carbonyl (C=O) groups excluding carboxylic acids is 1. The number of hydrogen-bond acceptors (Lipinski definition) is 1. The third kappa shape index (κ3) is 3.37.